The van der Waals surface area contributed by atoms with Crippen LogP contribution in [0, 0.1) is 11.8 Å². The first kappa shape index (κ1) is 64.1. The van der Waals surface area contributed by atoms with E-state index >= 15 is 0 Å². The molecule has 1 aromatic rings. The number of esters is 2. The topological polar surface area (TPSA) is 326 Å². The van der Waals surface area contributed by atoms with Crippen LogP contribution in [0.5, 0.6) is 0 Å². The minimum Gasteiger partial charge on any atom is -0.462 e. The Kier molecular flexibility index (Phi) is 31.0. The third kappa shape index (κ3) is 26.0. The number of allylic oxidation sites excluding steroid dienone is 4. The molecule has 0 spiro atoms. The molecule has 418 valence electrons. The smallest absolute Gasteiger partial charge is 0.462 e. The third-order valence-electron chi connectivity index (χ3n) is 12.8. The number of aliphatic hydroxyl groups is 5. The van der Waals surface area contributed by atoms with Crippen molar-refractivity contribution in [3.63, 3.8) is 0 Å². The Balaban J connectivity index is 1.77. The molecule has 9 N–H and O–H groups in total. The second-order valence-electron chi connectivity index (χ2n) is 19.0. The molecule has 2 bridgehead atoms. The van der Waals surface area contributed by atoms with E-state index in [4.69, 9.17) is 29.0 Å². The zero-order valence-corrected chi connectivity index (χ0v) is 44.6. The summed E-state index contributed by atoms with van der Waals surface area (Å²) in [6.07, 6.45) is 14.5. The Hall–Kier alpha value is -3.14. The average molecular weight is 1080 g/mol. The average Bonchev–Trinajstić information content (AvgIpc) is 3.33. The van der Waals surface area contributed by atoms with E-state index in [2.05, 4.69) is 40.5 Å². The van der Waals surface area contributed by atoms with Crippen LogP contribution in [0.3, 0.4) is 0 Å². The molecule has 2 unspecified atom stereocenters. The first-order chi connectivity index (χ1) is 34.9. The van der Waals surface area contributed by atoms with Gasteiger partial charge in [-0.2, -0.15) is 9.29 Å². The van der Waals surface area contributed by atoms with Crippen molar-refractivity contribution in [2.24, 2.45) is 11.8 Å². The van der Waals surface area contributed by atoms with Crippen LogP contribution in [0.4, 0.5) is 5.82 Å². The fraction of sp³-hybridized carbons (Fsp3) is 0.760. The Morgan fingerprint density at radius 1 is 0.849 bits per heavy atom. The molecule has 2 aliphatic rings. The summed E-state index contributed by atoms with van der Waals surface area (Å²) in [7, 11) is -11.3. The van der Waals surface area contributed by atoms with Crippen molar-refractivity contribution in [2.75, 3.05) is 25.6 Å². The molecule has 3 heterocycles. The van der Waals surface area contributed by atoms with Gasteiger partial charge >= 0.3 is 33.3 Å². The van der Waals surface area contributed by atoms with Crippen molar-refractivity contribution in [1.82, 2.24) is 9.55 Å². The van der Waals surface area contributed by atoms with Gasteiger partial charge in [-0.05, 0) is 57.4 Å². The first-order valence-electron chi connectivity index (χ1n) is 26.3. The highest BCUT2D eigenvalue weighted by Gasteiger charge is 2.45. The normalized spacial score (nSPS) is 30.4. The molecule has 23 heteroatoms. The maximum Gasteiger partial charge on any atom is 0.481 e. The number of aromatic nitrogens is 2. The number of nitrogens with two attached hydrogens (primary N) is 1. The highest BCUT2D eigenvalue weighted by molar-refractivity contribution is 7.61. The quantitative estimate of drug-likeness (QED) is 0.0177. The van der Waals surface area contributed by atoms with Gasteiger partial charge in [0.2, 0.25) is 0 Å². The zero-order chi connectivity index (χ0) is 53.7. The van der Waals surface area contributed by atoms with Gasteiger partial charge in [-0.15, -0.1) is 0 Å². The van der Waals surface area contributed by atoms with Crippen LogP contribution < -0.4 is 11.4 Å². The number of ether oxygens (including phenoxy) is 3. The third-order valence-corrected chi connectivity index (χ3v) is 15.4. The number of unbranched alkanes of at least 4 members (excludes halogenated alkanes) is 11. The number of carbonyl (C=O) groups excluding carboxylic acids is 2. The number of carbonyl (C=O) groups is 2. The van der Waals surface area contributed by atoms with E-state index in [0.717, 1.165) is 55.9 Å². The van der Waals surface area contributed by atoms with Gasteiger partial charge in [0.25, 0.3) is 0 Å². The molecule has 0 aliphatic carbocycles. The second-order valence-corrected chi connectivity index (χ2v) is 22.1. The minimum atomic E-state index is -5.69. The summed E-state index contributed by atoms with van der Waals surface area (Å²) in [5, 5.41) is 57.5. The molecular formula is C50H85N3O18P2. The van der Waals surface area contributed by atoms with Gasteiger partial charge in [-0.3, -0.25) is 23.2 Å². The number of phosphoric ester groups is 2. The Morgan fingerprint density at radius 3 is 2.16 bits per heavy atom. The number of aliphatic hydroxyl groups excluding tert-OH is 5. The highest BCUT2D eigenvalue weighted by atomic mass is 31.3. The van der Waals surface area contributed by atoms with Crippen molar-refractivity contribution >= 4 is 33.4 Å². The van der Waals surface area contributed by atoms with E-state index in [-0.39, 0.29) is 25.1 Å². The van der Waals surface area contributed by atoms with Crippen molar-refractivity contribution in [2.45, 2.75) is 210 Å². The lowest BCUT2D eigenvalue weighted by Gasteiger charge is -2.41. The first-order valence-corrected chi connectivity index (χ1v) is 29.3. The highest BCUT2D eigenvalue weighted by Crippen LogP contribution is 2.60. The van der Waals surface area contributed by atoms with Crippen molar-refractivity contribution in [3.8, 4) is 0 Å². The Bertz CT molecular complexity index is 1990. The molecule has 21 nitrogen and oxygen atoms in total. The van der Waals surface area contributed by atoms with Crippen LogP contribution in [-0.2, 0) is 46.3 Å². The molecule has 0 aromatic carbocycles. The summed E-state index contributed by atoms with van der Waals surface area (Å²) in [6, 6.07) is 1.26. The number of anilines is 1. The lowest BCUT2D eigenvalue weighted by Crippen LogP contribution is -2.52. The number of cyclic esters (lactones) is 1. The summed E-state index contributed by atoms with van der Waals surface area (Å²) in [5.41, 5.74) is 4.81. The van der Waals surface area contributed by atoms with Gasteiger partial charge < -0.3 is 55.3 Å². The summed E-state index contributed by atoms with van der Waals surface area (Å²) in [6.45, 7) is 1.51. The van der Waals surface area contributed by atoms with Gasteiger partial charge in [0.15, 0.2) is 6.10 Å². The van der Waals surface area contributed by atoms with E-state index in [1.165, 1.54) is 50.1 Å². The molecular weight excluding hydrogens is 993 g/mol. The van der Waals surface area contributed by atoms with Crippen LogP contribution in [0.2, 0.25) is 0 Å². The predicted octanol–water partition coefficient (Wildman–Crippen LogP) is 7.16. The van der Waals surface area contributed by atoms with Gasteiger partial charge in [-0.1, -0.05) is 127 Å². The van der Waals surface area contributed by atoms with Crippen LogP contribution in [0.1, 0.15) is 168 Å². The molecule has 73 heavy (non-hydrogen) atoms. The van der Waals surface area contributed by atoms with Gasteiger partial charge in [0, 0.05) is 37.3 Å². The standard InChI is InChI=1S/C50H85N3O18P2/c1-3-5-7-8-9-10-11-12-13-14-15-16-17-18-23-27-45(57)66-34-38-35-67-72(62,63)71-73(64,65)68-36-43-48(60)47(59)39(30-29-37(54)25-21-6-4-2)41(55)33-42(56)40(26-22-19-20-24-28-46(58)69-38)49(70-43)53-32-31-44(51)52-50(53)61/h10-13,29-32,37-43,47-49,54-56,59-60H,3-9,14-28,33-36H2,1-2H3,(H,62,63)(H,64,65)(H2,51,52,61)/b11-10-,13-12-,30-29-/t37-,38+,39-,40-,41+,42-,43+,47-,48+,49+/m0/s1. The minimum absolute atomic E-state index is 0.0694. The number of hydrogen-bond acceptors (Lipinski definition) is 18. The fourth-order valence-electron chi connectivity index (χ4n) is 8.61. The Labute approximate surface area is 430 Å². The van der Waals surface area contributed by atoms with Crippen molar-refractivity contribution < 1.29 is 81.6 Å². The molecule has 2 fully saturated rings. The number of fused-ring (bicyclic) bond motifs is 3. The summed E-state index contributed by atoms with van der Waals surface area (Å²) < 4.78 is 59.1. The lowest BCUT2D eigenvalue weighted by atomic mass is 9.82. The second kappa shape index (κ2) is 35.2. The van der Waals surface area contributed by atoms with Gasteiger partial charge in [0.05, 0.1) is 37.6 Å². The van der Waals surface area contributed by atoms with Crippen LogP contribution in [0.15, 0.2) is 53.5 Å². The van der Waals surface area contributed by atoms with E-state index in [9.17, 15) is 58.8 Å². The summed E-state index contributed by atoms with van der Waals surface area (Å²) in [5.74, 6) is -4.00. The monoisotopic (exact) mass is 1080 g/mol. The number of rotatable bonds is 23. The van der Waals surface area contributed by atoms with Crippen LogP contribution in [0.25, 0.3) is 0 Å². The maximum atomic E-state index is 13.4. The van der Waals surface area contributed by atoms with E-state index in [0.29, 0.717) is 44.9 Å². The molecule has 12 atom stereocenters. The lowest BCUT2D eigenvalue weighted by molar-refractivity contribution is -0.195. The molecule has 3 rings (SSSR count). The van der Waals surface area contributed by atoms with Crippen molar-refractivity contribution in [1.29, 1.82) is 0 Å². The maximum absolute atomic E-state index is 13.4. The molecule has 1 aromatic heterocycles. The summed E-state index contributed by atoms with van der Waals surface area (Å²) in [4.78, 5) is 64.2. The van der Waals surface area contributed by atoms with Gasteiger partial charge in [-0.25, -0.2) is 13.9 Å². The SMILES string of the molecule is CCCCCC/C=C\C=C/CCCCCCCC(=O)OC[C@@H]1COP(=O)(O)OP(=O)(O)OC[C@H]2O[C@@H](n3ccc(N)nc3=O)[C@@H](CCCCCCC(=O)O1)[C@@H](O)C[C@@H](O)[C@H](/C=C\[C@@H](O)CCCCC)[C@H](O)[C@@H]2O. The molecule has 0 amide bonds. The fourth-order valence-corrected chi connectivity index (χ4v) is 10.7. The predicted molar refractivity (Wildman–Crippen MR) is 272 cm³/mol. The van der Waals surface area contributed by atoms with Gasteiger partial charge in [0.1, 0.15) is 30.9 Å². The zero-order valence-electron chi connectivity index (χ0n) is 42.8. The molecule has 0 saturated carbocycles. The molecule has 2 aliphatic heterocycles. The van der Waals surface area contributed by atoms with Crippen LogP contribution in [-0.4, -0.2) is 119 Å². The van der Waals surface area contributed by atoms with E-state index in [1.807, 2.05) is 6.92 Å². The largest absolute Gasteiger partial charge is 0.481 e. The summed E-state index contributed by atoms with van der Waals surface area (Å²) >= 11 is 0. The molecule has 0 radical (unpaired) electrons. The number of hydrogen-bond donors (Lipinski definition) is 8. The van der Waals surface area contributed by atoms with E-state index in [1.54, 1.807) is 0 Å². The van der Waals surface area contributed by atoms with Crippen LogP contribution >= 0.6 is 15.6 Å². The van der Waals surface area contributed by atoms with E-state index < -0.39 is 120 Å². The number of phosphoric acid groups is 2. The number of nitrogens with zero attached hydrogens (tertiary/aromatic N) is 2. The Morgan fingerprint density at radius 2 is 1.48 bits per heavy atom. The van der Waals surface area contributed by atoms with Crippen molar-refractivity contribution in [3.05, 3.63) is 59.2 Å². The number of nitrogen functional groups attached to an aromatic ring is 1. The molecule has 2 saturated heterocycles.